The summed E-state index contributed by atoms with van der Waals surface area (Å²) in [7, 11) is 0. The highest BCUT2D eigenvalue weighted by Crippen LogP contribution is 2.26. The Balaban J connectivity index is 2.22. The third-order valence-corrected chi connectivity index (χ3v) is 3.21. The van der Waals surface area contributed by atoms with Gasteiger partial charge in [-0.05, 0) is 24.3 Å². The van der Waals surface area contributed by atoms with E-state index in [1.54, 1.807) is 6.07 Å². The highest BCUT2D eigenvalue weighted by molar-refractivity contribution is 6.16. The molecule has 2 aromatic carbocycles. The van der Waals surface area contributed by atoms with Crippen LogP contribution in [0.1, 0.15) is 15.9 Å². The molecule has 0 saturated carbocycles. The fourth-order valence-electron chi connectivity index (χ4n) is 2.24. The van der Waals surface area contributed by atoms with Gasteiger partial charge in [-0.3, -0.25) is 4.79 Å². The third-order valence-electron chi connectivity index (χ3n) is 3.21. The summed E-state index contributed by atoms with van der Waals surface area (Å²) >= 11 is 0. The monoisotopic (exact) mass is 290 g/mol. The summed E-state index contributed by atoms with van der Waals surface area (Å²) in [4.78, 5) is 15.1. The molecule has 21 heavy (non-hydrogen) atoms. The van der Waals surface area contributed by atoms with E-state index in [0.29, 0.717) is 5.52 Å². The minimum atomic E-state index is -1.02. The highest BCUT2D eigenvalue weighted by Gasteiger charge is 2.21. The van der Waals surface area contributed by atoms with Crippen LogP contribution in [0.2, 0.25) is 0 Å². The molecule has 1 aromatic heterocycles. The van der Waals surface area contributed by atoms with Crippen LogP contribution in [-0.2, 0) is 0 Å². The number of aromatic nitrogens is 1. The number of hydrogen-bond donors (Lipinski definition) is 2. The first-order valence-electron chi connectivity index (χ1n) is 6.04. The molecule has 106 valence electrons. The van der Waals surface area contributed by atoms with Gasteiger partial charge in [-0.15, -0.1) is 0 Å². The molecule has 0 bridgehead atoms. The number of ketones is 1. The molecule has 0 saturated heterocycles. The molecular formula is C15H9F3N2O. The minimum Gasteiger partial charge on any atom is -0.396 e. The van der Waals surface area contributed by atoms with E-state index in [1.165, 1.54) is 18.3 Å². The normalized spacial score (nSPS) is 11.0. The Morgan fingerprint density at radius 3 is 2.62 bits per heavy atom. The number of benzene rings is 2. The van der Waals surface area contributed by atoms with Gasteiger partial charge in [0.2, 0.25) is 0 Å². The molecule has 3 rings (SSSR count). The predicted octanol–water partition coefficient (Wildman–Crippen LogP) is 3.40. The van der Waals surface area contributed by atoms with Crippen LogP contribution < -0.4 is 5.73 Å². The van der Waals surface area contributed by atoms with Gasteiger partial charge in [0.1, 0.15) is 11.6 Å². The Labute approximate surface area is 117 Å². The van der Waals surface area contributed by atoms with Gasteiger partial charge in [-0.2, -0.15) is 0 Å². The first-order chi connectivity index (χ1) is 9.99. The zero-order valence-electron chi connectivity index (χ0n) is 10.6. The molecule has 0 unspecified atom stereocenters. The smallest absolute Gasteiger partial charge is 0.198 e. The second-order valence-corrected chi connectivity index (χ2v) is 4.55. The van der Waals surface area contributed by atoms with E-state index in [2.05, 4.69) is 4.98 Å². The SMILES string of the molecule is Nc1cc(F)cc(C(=O)c2c[nH]c3cccc(F)c23)c1F. The van der Waals surface area contributed by atoms with Crippen molar-refractivity contribution in [3.63, 3.8) is 0 Å². The molecule has 3 nitrogen and oxygen atoms in total. The zero-order valence-corrected chi connectivity index (χ0v) is 10.6. The van der Waals surface area contributed by atoms with Crippen LogP contribution in [0.3, 0.4) is 0 Å². The number of hydrogen-bond acceptors (Lipinski definition) is 2. The maximum absolute atomic E-state index is 13.9. The topological polar surface area (TPSA) is 58.9 Å². The minimum absolute atomic E-state index is 0.0322. The summed E-state index contributed by atoms with van der Waals surface area (Å²) in [6.45, 7) is 0. The van der Waals surface area contributed by atoms with E-state index in [4.69, 9.17) is 5.73 Å². The molecular weight excluding hydrogens is 281 g/mol. The zero-order chi connectivity index (χ0) is 15.1. The van der Waals surface area contributed by atoms with E-state index >= 15 is 0 Å². The molecule has 0 amide bonds. The maximum atomic E-state index is 13.9. The lowest BCUT2D eigenvalue weighted by atomic mass is 10.0. The van der Waals surface area contributed by atoms with E-state index in [9.17, 15) is 18.0 Å². The highest BCUT2D eigenvalue weighted by atomic mass is 19.1. The van der Waals surface area contributed by atoms with Crippen molar-refractivity contribution in [2.45, 2.75) is 0 Å². The van der Waals surface area contributed by atoms with Crippen LogP contribution >= 0.6 is 0 Å². The standard InChI is InChI=1S/C15H9F3N2O/c16-7-4-8(14(18)11(19)5-7)15(21)9-6-20-12-3-1-2-10(17)13(9)12/h1-6,20H,19H2. The quantitative estimate of drug-likeness (QED) is 0.561. The number of fused-ring (bicyclic) bond motifs is 1. The van der Waals surface area contributed by atoms with Crippen LogP contribution in [0.15, 0.2) is 36.5 Å². The second kappa shape index (κ2) is 4.66. The fraction of sp³-hybridized carbons (Fsp3) is 0. The average Bonchev–Trinajstić information content (AvgIpc) is 2.87. The van der Waals surface area contributed by atoms with Crippen molar-refractivity contribution in [1.82, 2.24) is 4.98 Å². The Bertz CT molecular complexity index is 871. The van der Waals surface area contributed by atoms with Crippen molar-refractivity contribution in [2.24, 2.45) is 0 Å². The largest absolute Gasteiger partial charge is 0.396 e. The molecule has 0 atom stereocenters. The second-order valence-electron chi connectivity index (χ2n) is 4.55. The number of carbonyl (C=O) groups is 1. The van der Waals surface area contributed by atoms with Gasteiger partial charge in [0.15, 0.2) is 11.6 Å². The summed E-state index contributed by atoms with van der Waals surface area (Å²) < 4.78 is 41.1. The summed E-state index contributed by atoms with van der Waals surface area (Å²) in [6.07, 6.45) is 1.26. The van der Waals surface area contributed by atoms with Gasteiger partial charge in [-0.25, -0.2) is 13.2 Å². The molecule has 0 spiro atoms. The fourth-order valence-corrected chi connectivity index (χ4v) is 2.24. The third kappa shape index (κ3) is 2.05. The van der Waals surface area contributed by atoms with E-state index in [1.807, 2.05) is 0 Å². The number of aromatic amines is 1. The number of nitrogens with one attached hydrogen (secondary N) is 1. The Kier molecular flexibility index (Phi) is 2.94. The summed E-state index contributed by atoms with van der Waals surface area (Å²) in [5.41, 5.74) is 4.62. The van der Waals surface area contributed by atoms with Crippen molar-refractivity contribution in [3.05, 3.63) is 65.1 Å². The number of carbonyl (C=O) groups excluding carboxylic acids is 1. The van der Waals surface area contributed by atoms with Gasteiger partial charge in [0.05, 0.1) is 16.8 Å². The molecule has 1 heterocycles. The van der Waals surface area contributed by atoms with Gasteiger partial charge in [0.25, 0.3) is 0 Å². The first kappa shape index (κ1) is 13.2. The number of halogens is 3. The van der Waals surface area contributed by atoms with Crippen molar-refractivity contribution < 1.29 is 18.0 Å². The van der Waals surface area contributed by atoms with Crippen LogP contribution in [0, 0.1) is 17.5 Å². The van der Waals surface area contributed by atoms with E-state index in [0.717, 1.165) is 12.1 Å². The van der Waals surface area contributed by atoms with E-state index < -0.39 is 34.5 Å². The lowest BCUT2D eigenvalue weighted by Crippen LogP contribution is -2.07. The van der Waals surface area contributed by atoms with Gasteiger partial charge < -0.3 is 10.7 Å². The van der Waals surface area contributed by atoms with E-state index in [-0.39, 0.29) is 10.9 Å². The number of rotatable bonds is 2. The Hall–Kier alpha value is -2.76. The van der Waals surface area contributed by atoms with Crippen LogP contribution in [0.25, 0.3) is 10.9 Å². The van der Waals surface area contributed by atoms with Crippen molar-refractivity contribution in [2.75, 3.05) is 5.73 Å². The van der Waals surface area contributed by atoms with Crippen molar-refractivity contribution in [3.8, 4) is 0 Å². The van der Waals surface area contributed by atoms with Crippen molar-refractivity contribution >= 4 is 22.4 Å². The van der Waals surface area contributed by atoms with Gasteiger partial charge >= 0.3 is 0 Å². The predicted molar refractivity (Wildman–Crippen MR) is 72.5 cm³/mol. The number of nitrogen functional groups attached to an aromatic ring is 1. The van der Waals surface area contributed by atoms with Gasteiger partial charge in [0, 0.05) is 17.1 Å². The molecule has 0 aliphatic rings. The molecule has 3 N–H and O–H groups in total. The molecule has 0 aliphatic heterocycles. The number of H-pyrrole nitrogens is 1. The first-order valence-corrected chi connectivity index (χ1v) is 6.04. The lowest BCUT2D eigenvalue weighted by molar-refractivity contribution is 0.103. The summed E-state index contributed by atoms with van der Waals surface area (Å²) in [6, 6.07) is 5.76. The molecule has 6 heteroatoms. The summed E-state index contributed by atoms with van der Waals surface area (Å²) in [5, 5.41) is 0.0322. The van der Waals surface area contributed by atoms with Crippen LogP contribution in [0.4, 0.5) is 18.9 Å². The van der Waals surface area contributed by atoms with Crippen LogP contribution in [0.5, 0.6) is 0 Å². The lowest BCUT2D eigenvalue weighted by Gasteiger charge is -2.05. The molecule has 3 aromatic rings. The maximum Gasteiger partial charge on any atom is 0.198 e. The molecule has 0 radical (unpaired) electrons. The average molecular weight is 290 g/mol. The Morgan fingerprint density at radius 2 is 1.86 bits per heavy atom. The van der Waals surface area contributed by atoms with Gasteiger partial charge in [-0.1, -0.05) is 6.07 Å². The van der Waals surface area contributed by atoms with Crippen molar-refractivity contribution in [1.29, 1.82) is 0 Å². The Morgan fingerprint density at radius 1 is 1.10 bits per heavy atom. The molecule has 0 aliphatic carbocycles. The molecule has 0 fully saturated rings. The number of anilines is 1. The summed E-state index contributed by atoms with van der Waals surface area (Å²) in [5.74, 6) is -3.32. The van der Waals surface area contributed by atoms with Crippen LogP contribution in [-0.4, -0.2) is 10.8 Å². The number of nitrogens with two attached hydrogens (primary N) is 1.